The van der Waals surface area contributed by atoms with Crippen molar-refractivity contribution in [3.63, 3.8) is 0 Å². The van der Waals surface area contributed by atoms with Crippen LogP contribution < -0.4 is 11.1 Å². The Morgan fingerprint density at radius 3 is 2.31 bits per heavy atom. The molecule has 1 atom stereocenters. The predicted molar refractivity (Wildman–Crippen MR) is 121 cm³/mol. The number of benzene rings is 2. The smallest absolute Gasteiger partial charge is 0.254 e. The Morgan fingerprint density at radius 1 is 1.09 bits per heavy atom. The van der Waals surface area contributed by atoms with Crippen LogP contribution >= 0.6 is 0 Å². The van der Waals surface area contributed by atoms with E-state index < -0.39 is 11.4 Å². The number of nitrogens with zero attached hydrogens (tertiary/aromatic N) is 2. The highest BCUT2D eigenvalue weighted by atomic mass is 19.1. The number of carbonyl (C=O) groups excluding carboxylic acids is 2. The van der Waals surface area contributed by atoms with Crippen LogP contribution in [0, 0.1) is 5.82 Å². The summed E-state index contributed by atoms with van der Waals surface area (Å²) < 4.78 is 15.0. The van der Waals surface area contributed by atoms with Gasteiger partial charge in [-0.2, -0.15) is 0 Å². The van der Waals surface area contributed by atoms with Gasteiger partial charge in [-0.3, -0.25) is 9.59 Å². The van der Waals surface area contributed by atoms with E-state index in [9.17, 15) is 19.1 Å². The number of anilines is 1. The van der Waals surface area contributed by atoms with Crippen LogP contribution in [0.4, 0.5) is 10.1 Å². The summed E-state index contributed by atoms with van der Waals surface area (Å²) in [6.07, 6.45) is 1.000. The van der Waals surface area contributed by atoms with E-state index in [1.54, 1.807) is 21.9 Å². The molecule has 4 rings (SSSR count). The molecule has 4 N–H and O–H groups in total. The molecule has 2 aromatic rings. The van der Waals surface area contributed by atoms with Crippen LogP contribution in [0.1, 0.15) is 41.7 Å². The summed E-state index contributed by atoms with van der Waals surface area (Å²) >= 11 is 0. The van der Waals surface area contributed by atoms with Crippen molar-refractivity contribution < 1.29 is 19.1 Å². The molecular weight excluding hydrogens is 411 g/mol. The number of aliphatic hydroxyl groups is 1. The van der Waals surface area contributed by atoms with Gasteiger partial charge in [0, 0.05) is 56.1 Å². The fourth-order valence-corrected chi connectivity index (χ4v) is 4.14. The molecule has 1 heterocycles. The fraction of sp³-hybridized carbons (Fsp3) is 0.417. The summed E-state index contributed by atoms with van der Waals surface area (Å²) in [7, 11) is 1.81. The lowest BCUT2D eigenvalue weighted by Gasteiger charge is -2.35. The second kappa shape index (κ2) is 8.52. The molecule has 1 saturated carbocycles. The summed E-state index contributed by atoms with van der Waals surface area (Å²) in [6, 6.07) is 9.84. The summed E-state index contributed by atoms with van der Waals surface area (Å²) in [5, 5.41) is 13.1. The van der Waals surface area contributed by atoms with Crippen molar-refractivity contribution in [3.05, 3.63) is 53.3 Å². The first-order valence-corrected chi connectivity index (χ1v) is 10.9. The maximum absolute atomic E-state index is 15.0. The monoisotopic (exact) mass is 440 g/mol. The number of piperazine rings is 1. The minimum atomic E-state index is -1.20. The van der Waals surface area contributed by atoms with E-state index >= 15 is 0 Å². The van der Waals surface area contributed by atoms with Gasteiger partial charge in [0.05, 0.1) is 0 Å². The lowest BCUT2D eigenvalue weighted by atomic mass is 9.97. The molecule has 2 amide bonds. The van der Waals surface area contributed by atoms with E-state index in [1.165, 1.54) is 6.07 Å². The molecule has 1 aliphatic carbocycles. The molecule has 0 aromatic heterocycles. The minimum Gasteiger partial charge on any atom is -0.388 e. The average molecular weight is 441 g/mol. The van der Waals surface area contributed by atoms with Crippen LogP contribution in [0.2, 0.25) is 0 Å². The van der Waals surface area contributed by atoms with Crippen LogP contribution in [0.3, 0.4) is 0 Å². The van der Waals surface area contributed by atoms with Gasteiger partial charge in [-0.15, -0.1) is 0 Å². The lowest BCUT2D eigenvalue weighted by Crippen LogP contribution is -2.53. The molecule has 170 valence electrons. The fourth-order valence-electron chi connectivity index (χ4n) is 4.14. The van der Waals surface area contributed by atoms with Crippen molar-refractivity contribution in [1.82, 2.24) is 9.80 Å². The van der Waals surface area contributed by atoms with Gasteiger partial charge in [-0.25, -0.2) is 4.39 Å². The number of halogens is 1. The number of carbonyl (C=O) groups is 2. The van der Waals surface area contributed by atoms with Crippen molar-refractivity contribution in [2.75, 3.05) is 38.5 Å². The molecule has 1 saturated heterocycles. The van der Waals surface area contributed by atoms with E-state index in [0.717, 1.165) is 11.3 Å². The topological polar surface area (TPSA) is 98.9 Å². The summed E-state index contributed by atoms with van der Waals surface area (Å²) in [5.41, 5.74) is 8.00. The first kappa shape index (κ1) is 22.2. The highest BCUT2D eigenvalue weighted by Crippen LogP contribution is 2.37. The van der Waals surface area contributed by atoms with Gasteiger partial charge in [0.15, 0.2) is 0 Å². The van der Waals surface area contributed by atoms with Crippen LogP contribution in [-0.2, 0) is 4.79 Å². The van der Waals surface area contributed by atoms with Crippen LogP contribution in [0.5, 0.6) is 0 Å². The van der Waals surface area contributed by atoms with Crippen molar-refractivity contribution in [2.45, 2.75) is 31.4 Å². The molecule has 1 unspecified atom stereocenters. The number of nitrogens with two attached hydrogens (primary N) is 1. The van der Waals surface area contributed by atoms with Gasteiger partial charge in [-0.1, -0.05) is 12.1 Å². The zero-order valence-corrected chi connectivity index (χ0v) is 18.4. The number of amides is 2. The van der Waals surface area contributed by atoms with E-state index in [4.69, 9.17) is 5.73 Å². The van der Waals surface area contributed by atoms with Gasteiger partial charge in [0.1, 0.15) is 11.4 Å². The molecule has 2 fully saturated rings. The SMILES string of the molecule is CNc1ccc(-c2ccc(C(=O)N3CCN(C(=O)C4(O)CC4)CC3)cc2F)cc1C(C)N. The van der Waals surface area contributed by atoms with Gasteiger partial charge >= 0.3 is 0 Å². The Bertz CT molecular complexity index is 1040. The van der Waals surface area contributed by atoms with E-state index in [1.807, 2.05) is 32.2 Å². The van der Waals surface area contributed by atoms with Crippen molar-refractivity contribution in [2.24, 2.45) is 5.73 Å². The second-order valence-electron chi connectivity index (χ2n) is 8.65. The standard InChI is InChI=1S/C24H29FN4O3/c1-15(26)19-13-16(4-6-21(19)27-2)18-5-3-17(14-20(18)25)22(30)28-9-11-29(12-10-28)23(31)24(32)7-8-24/h3-6,13-15,27,32H,7-12,26H2,1-2H3. The lowest BCUT2D eigenvalue weighted by molar-refractivity contribution is -0.143. The third-order valence-corrected chi connectivity index (χ3v) is 6.31. The molecule has 0 spiro atoms. The Labute approximate surface area is 187 Å². The van der Waals surface area contributed by atoms with Crippen LogP contribution in [-0.4, -0.2) is 65.5 Å². The van der Waals surface area contributed by atoms with Crippen molar-refractivity contribution >= 4 is 17.5 Å². The Hall–Kier alpha value is -2.97. The predicted octanol–water partition coefficient (Wildman–Crippen LogP) is 2.36. The van der Waals surface area contributed by atoms with Crippen LogP contribution in [0.25, 0.3) is 11.1 Å². The number of hydrogen-bond donors (Lipinski definition) is 3. The molecule has 8 heteroatoms. The van der Waals surface area contributed by atoms with Gasteiger partial charge < -0.3 is 26.0 Å². The Kier molecular flexibility index (Phi) is 5.92. The normalized spacial score (nSPS) is 18.3. The van der Waals surface area contributed by atoms with Crippen molar-refractivity contribution in [1.29, 1.82) is 0 Å². The molecule has 2 aliphatic rings. The van der Waals surface area contributed by atoms with Gasteiger partial charge in [-0.05, 0) is 55.2 Å². The first-order chi connectivity index (χ1) is 15.2. The summed E-state index contributed by atoms with van der Waals surface area (Å²) in [5.74, 6) is -1.00. The largest absolute Gasteiger partial charge is 0.388 e. The maximum atomic E-state index is 15.0. The Morgan fingerprint density at radius 2 is 1.75 bits per heavy atom. The molecular formula is C24H29FN4O3. The van der Waals surface area contributed by atoms with Crippen LogP contribution in [0.15, 0.2) is 36.4 Å². The molecule has 7 nitrogen and oxygen atoms in total. The van der Waals surface area contributed by atoms with E-state index in [0.29, 0.717) is 50.1 Å². The number of rotatable bonds is 5. The minimum absolute atomic E-state index is 0.215. The Balaban J connectivity index is 1.47. The molecule has 0 radical (unpaired) electrons. The number of nitrogens with one attached hydrogen (secondary N) is 1. The third kappa shape index (κ3) is 4.20. The summed E-state index contributed by atoms with van der Waals surface area (Å²) in [4.78, 5) is 28.4. The van der Waals surface area contributed by atoms with Gasteiger partial charge in [0.2, 0.25) is 0 Å². The highest BCUT2D eigenvalue weighted by Gasteiger charge is 2.50. The van der Waals surface area contributed by atoms with Gasteiger partial charge in [0.25, 0.3) is 11.8 Å². The zero-order valence-electron chi connectivity index (χ0n) is 18.4. The quantitative estimate of drug-likeness (QED) is 0.663. The summed E-state index contributed by atoms with van der Waals surface area (Å²) in [6.45, 7) is 3.31. The molecule has 2 aromatic carbocycles. The average Bonchev–Trinajstić information content (AvgIpc) is 3.56. The molecule has 32 heavy (non-hydrogen) atoms. The van der Waals surface area contributed by atoms with E-state index in [-0.39, 0.29) is 23.4 Å². The maximum Gasteiger partial charge on any atom is 0.254 e. The number of hydrogen-bond acceptors (Lipinski definition) is 5. The van der Waals surface area contributed by atoms with Crippen molar-refractivity contribution in [3.8, 4) is 11.1 Å². The first-order valence-electron chi connectivity index (χ1n) is 10.9. The van der Waals surface area contributed by atoms with E-state index in [2.05, 4.69) is 5.32 Å². The molecule has 0 bridgehead atoms. The third-order valence-electron chi connectivity index (χ3n) is 6.31. The molecule has 1 aliphatic heterocycles. The zero-order chi connectivity index (χ0) is 23.0. The highest BCUT2D eigenvalue weighted by molar-refractivity contribution is 5.95. The second-order valence-corrected chi connectivity index (χ2v) is 8.65.